The molecule has 2 atom stereocenters. The molecule has 7 aromatic rings. The molecule has 2 unspecified atom stereocenters. The average molecular weight is 1010 g/mol. The number of benzene rings is 3. The number of rotatable bonds is 5. The van der Waals surface area contributed by atoms with Gasteiger partial charge in [0.15, 0.2) is 17.5 Å². The molecule has 0 N–H and O–H groups in total. The van der Waals surface area contributed by atoms with Gasteiger partial charge in [0, 0.05) is 31.3 Å². The Morgan fingerprint density at radius 3 is 1.46 bits per heavy atom. The Kier molecular flexibility index (Phi) is 10.8. The molecule has 72 heavy (non-hydrogen) atoms. The van der Waals surface area contributed by atoms with Crippen LogP contribution < -0.4 is 15.0 Å². The molecule has 0 amide bonds. The molecule has 0 saturated heterocycles. The number of hydrogen-bond donors (Lipinski definition) is 0. The number of hydrogen-bond acceptors (Lipinski definition) is 6. The van der Waals surface area contributed by atoms with E-state index in [0.29, 0.717) is 5.92 Å². The van der Waals surface area contributed by atoms with E-state index in [0.717, 1.165) is 40.6 Å². The summed E-state index contributed by atoms with van der Waals surface area (Å²) in [5.41, 5.74) is 23.0. The Morgan fingerprint density at radius 2 is 0.931 bits per heavy atom. The molecule has 6 heterocycles. The summed E-state index contributed by atoms with van der Waals surface area (Å²) in [5, 5.41) is 2.61. The highest BCUT2D eigenvalue weighted by atomic mass is 32.1. The summed E-state index contributed by atoms with van der Waals surface area (Å²) in [7, 11) is 0. The Bertz CT molecular complexity index is 3330. The highest BCUT2D eigenvalue weighted by molar-refractivity contribution is 7.36. The average Bonchev–Trinajstić information content (AvgIpc) is 4.08. The lowest BCUT2D eigenvalue weighted by Crippen LogP contribution is -2.48. The van der Waals surface area contributed by atoms with Gasteiger partial charge in [-0.1, -0.05) is 130 Å². The second-order valence-corrected chi connectivity index (χ2v) is 30.5. The number of aryl methyl sites for hydroxylation is 4. The summed E-state index contributed by atoms with van der Waals surface area (Å²) >= 11 is 6.47. The predicted octanol–water partition coefficient (Wildman–Crippen LogP) is 16.3. The van der Waals surface area contributed by atoms with Crippen molar-refractivity contribution in [3.63, 3.8) is 0 Å². The second kappa shape index (κ2) is 15.9. The maximum atomic E-state index is 5.56. The van der Waals surface area contributed by atoms with E-state index in [1.807, 2.05) is 0 Å². The molecule has 12 rings (SSSR count). The summed E-state index contributed by atoms with van der Waals surface area (Å²) in [6.45, 7) is 42.1. The quantitative estimate of drug-likeness (QED) is 0.161. The lowest BCUT2D eigenvalue weighted by Gasteiger charge is -2.42. The van der Waals surface area contributed by atoms with E-state index in [9.17, 15) is 0 Å². The van der Waals surface area contributed by atoms with Crippen molar-refractivity contribution < 1.29 is 0 Å². The summed E-state index contributed by atoms with van der Waals surface area (Å²) in [4.78, 5) is 21.4. The maximum absolute atomic E-state index is 5.56. The third kappa shape index (κ3) is 7.37. The Labute approximate surface area is 444 Å². The van der Waals surface area contributed by atoms with Gasteiger partial charge in [0.05, 0.1) is 0 Å². The highest BCUT2D eigenvalue weighted by Crippen LogP contribution is 2.59. The van der Waals surface area contributed by atoms with Crippen LogP contribution in [0.25, 0.3) is 45.3 Å². The topological polar surface area (TPSA) is 38.7 Å². The molecule has 0 bridgehead atoms. The molecule has 0 spiro atoms. The van der Waals surface area contributed by atoms with E-state index < -0.39 is 0 Å². The van der Waals surface area contributed by atoms with Crippen LogP contribution in [-0.4, -0.2) is 21.7 Å². The molecule has 3 aromatic carbocycles. The van der Waals surface area contributed by atoms with Gasteiger partial charge in [-0.15, -0.1) is 11.3 Å². The molecule has 3 aliphatic carbocycles. The van der Waals surface area contributed by atoms with Crippen molar-refractivity contribution in [2.24, 2.45) is 0 Å². The zero-order chi connectivity index (χ0) is 51.1. The van der Waals surface area contributed by atoms with Gasteiger partial charge in [0.2, 0.25) is 0 Å². The molecular formula is C65H76BN3S3. The fourth-order valence-electron chi connectivity index (χ4n) is 14.7. The minimum Gasteiger partial charge on any atom is -0.208 e. The van der Waals surface area contributed by atoms with Crippen molar-refractivity contribution in [1.29, 1.82) is 0 Å². The Hall–Kier alpha value is -4.17. The Balaban J connectivity index is 1.18. The normalized spacial score (nSPS) is 22.0. The molecule has 372 valence electrons. The second-order valence-electron chi connectivity index (χ2n) is 27.5. The molecule has 5 aliphatic rings. The minimum absolute atomic E-state index is 0.0508. The van der Waals surface area contributed by atoms with Gasteiger partial charge in [-0.3, -0.25) is 0 Å². The van der Waals surface area contributed by atoms with Crippen LogP contribution in [0.5, 0.6) is 0 Å². The number of aromatic nitrogens is 3. The minimum atomic E-state index is 0.0508. The van der Waals surface area contributed by atoms with Gasteiger partial charge < -0.3 is 0 Å². The third-order valence-corrected chi connectivity index (χ3v) is 23.5. The summed E-state index contributed by atoms with van der Waals surface area (Å²) in [5.74, 6) is 2.78. The van der Waals surface area contributed by atoms with E-state index in [1.54, 1.807) is 57.5 Å². The third-order valence-electron chi connectivity index (χ3n) is 18.8. The first-order chi connectivity index (χ1) is 33.7. The smallest absolute Gasteiger partial charge is 0.208 e. The van der Waals surface area contributed by atoms with E-state index in [2.05, 4.69) is 206 Å². The number of nitrogens with zero attached hydrogens (tertiary/aromatic N) is 3. The van der Waals surface area contributed by atoms with E-state index in [4.69, 9.17) is 15.0 Å². The van der Waals surface area contributed by atoms with E-state index >= 15 is 0 Å². The van der Waals surface area contributed by atoms with Crippen molar-refractivity contribution in [2.45, 2.75) is 207 Å². The fourth-order valence-corrected chi connectivity index (χ4v) is 19.7. The van der Waals surface area contributed by atoms with Crippen LogP contribution in [0.15, 0.2) is 53.9 Å². The molecule has 3 nitrogen and oxygen atoms in total. The van der Waals surface area contributed by atoms with Crippen LogP contribution in [0, 0.1) is 27.7 Å². The van der Waals surface area contributed by atoms with Crippen LogP contribution in [-0.2, 0) is 38.9 Å². The molecule has 7 heteroatoms. The highest BCUT2D eigenvalue weighted by Gasteiger charge is 2.54. The molecule has 0 fully saturated rings. The van der Waals surface area contributed by atoms with Gasteiger partial charge in [-0.05, 0) is 213 Å². The Morgan fingerprint density at radius 1 is 0.500 bits per heavy atom. The summed E-state index contributed by atoms with van der Waals surface area (Å²) < 4.78 is 3.25. The largest absolute Gasteiger partial charge is 0.268 e. The van der Waals surface area contributed by atoms with Crippen LogP contribution in [0.4, 0.5) is 0 Å². The predicted molar refractivity (Wildman–Crippen MR) is 312 cm³/mol. The zero-order valence-corrected chi connectivity index (χ0v) is 48.9. The first kappa shape index (κ1) is 48.8. The SMILES string of the molecule is Cc1cc(C)cc(-c2nc(-c3cc(C)cc(C)c3)nc(-c3cc4c5c(c3)C(C)C(Cc3csc6c3C(C)(C)CCC6(C)C)c3c(sc6c3C(C)(C)CCC6(C)C)B5c3sc5c(c3-4)C(C)(C)CCC5(C)C)n2)c1. The molecule has 4 aromatic heterocycles. The van der Waals surface area contributed by atoms with E-state index in [1.165, 1.54) is 77.5 Å². The van der Waals surface area contributed by atoms with Crippen molar-refractivity contribution in [3.8, 4) is 45.3 Å². The monoisotopic (exact) mass is 1010 g/mol. The lowest BCUT2D eigenvalue weighted by atomic mass is 9.43. The molecule has 0 saturated carbocycles. The molecule has 2 aliphatic heterocycles. The van der Waals surface area contributed by atoms with Gasteiger partial charge in [0.1, 0.15) is 0 Å². The van der Waals surface area contributed by atoms with Gasteiger partial charge in [-0.2, -0.15) is 22.7 Å². The lowest BCUT2D eigenvalue weighted by molar-refractivity contribution is 0.332. The first-order valence-corrected chi connectivity index (χ1v) is 29.8. The van der Waals surface area contributed by atoms with Gasteiger partial charge in [0.25, 0.3) is 6.71 Å². The van der Waals surface area contributed by atoms with Crippen LogP contribution >= 0.6 is 34.0 Å². The molecule has 0 radical (unpaired) electrons. The maximum Gasteiger partial charge on any atom is 0.268 e. The van der Waals surface area contributed by atoms with Crippen LogP contribution in [0.2, 0.25) is 0 Å². The van der Waals surface area contributed by atoms with Crippen molar-refractivity contribution in [1.82, 2.24) is 15.0 Å². The number of fused-ring (bicyclic) bond motifs is 10. The summed E-state index contributed by atoms with van der Waals surface area (Å²) in [6, 6.07) is 18.6. The van der Waals surface area contributed by atoms with Crippen molar-refractivity contribution in [2.75, 3.05) is 0 Å². The van der Waals surface area contributed by atoms with Crippen LogP contribution in [0.3, 0.4) is 0 Å². The van der Waals surface area contributed by atoms with Crippen molar-refractivity contribution >= 4 is 55.7 Å². The van der Waals surface area contributed by atoms with E-state index in [-0.39, 0.29) is 45.1 Å². The standard InChI is InChI=1S/C65H76BN3S3/c1-34-24-35(2)27-39(26-34)57-67-58(40-28-36(3)25-37(4)29-40)69-59(68-57)41-30-44-38(5)43(32-42-33-70-52-48(42)60(6,7)18-21-63(52,12)13)46-49-53(64(14,15)22-19-61(49,8)9)71-55(46)66-51(44)45(31-41)47-50-54(72-56(47)66)65(16,17)23-20-62(50,10)11/h24-31,33,38,43H,18-23,32H2,1-17H3. The first-order valence-electron chi connectivity index (χ1n) is 27.2. The van der Waals surface area contributed by atoms with Crippen LogP contribution in [0.1, 0.15) is 211 Å². The fraction of sp³-hybridized carbons (Fsp3) is 0.492. The zero-order valence-electron chi connectivity index (χ0n) is 46.4. The van der Waals surface area contributed by atoms with Gasteiger partial charge >= 0.3 is 0 Å². The molecular weight excluding hydrogens is 930 g/mol. The van der Waals surface area contributed by atoms with Crippen molar-refractivity contribution in [3.05, 3.63) is 124 Å². The summed E-state index contributed by atoms with van der Waals surface area (Å²) in [6.07, 6.45) is 8.36. The van der Waals surface area contributed by atoms with Gasteiger partial charge in [-0.25, -0.2) is 15.0 Å². The number of thiophene rings is 3.